The number of rotatable bonds is 4. The van der Waals surface area contributed by atoms with Gasteiger partial charge in [0, 0.05) is 6.54 Å². The van der Waals surface area contributed by atoms with Gasteiger partial charge in [-0.25, -0.2) is 14.1 Å². The van der Waals surface area contributed by atoms with E-state index in [-0.39, 0.29) is 29.8 Å². The van der Waals surface area contributed by atoms with Crippen LogP contribution in [0.2, 0.25) is 0 Å². The first-order valence-electron chi connectivity index (χ1n) is 8.06. The predicted molar refractivity (Wildman–Crippen MR) is 85.6 cm³/mol. The summed E-state index contributed by atoms with van der Waals surface area (Å²) in [7, 11) is 0. The summed E-state index contributed by atoms with van der Waals surface area (Å²) in [6, 6.07) is 5.83. The Kier molecular flexibility index (Phi) is 4.89. The Balaban J connectivity index is 1.76. The summed E-state index contributed by atoms with van der Waals surface area (Å²) in [5.41, 5.74) is 0.871. The monoisotopic (exact) mass is 332 g/mol. The van der Waals surface area contributed by atoms with Crippen LogP contribution in [-0.2, 0) is 9.53 Å². The highest BCUT2D eigenvalue weighted by atomic mass is 19.1. The fourth-order valence-corrected chi connectivity index (χ4v) is 2.98. The van der Waals surface area contributed by atoms with Gasteiger partial charge in [0.15, 0.2) is 0 Å². The van der Waals surface area contributed by atoms with Crippen molar-refractivity contribution >= 4 is 5.91 Å². The van der Waals surface area contributed by atoms with Crippen molar-refractivity contribution in [3.63, 3.8) is 0 Å². The van der Waals surface area contributed by atoms with Crippen molar-refractivity contribution in [2.75, 3.05) is 19.7 Å². The molecule has 1 aliphatic heterocycles. The number of halogens is 1. The Morgan fingerprint density at radius 1 is 1.33 bits per heavy atom. The Bertz CT molecular complexity index is 672. The molecule has 0 N–H and O–H groups in total. The number of hydrogen-bond acceptors (Lipinski definition) is 4. The number of carbonyl (C=O) groups is 1. The molecule has 7 heteroatoms. The molecule has 3 rings (SSSR count). The largest absolute Gasteiger partial charge is 0.370 e. The van der Waals surface area contributed by atoms with Crippen LogP contribution in [0.4, 0.5) is 4.39 Å². The van der Waals surface area contributed by atoms with Crippen LogP contribution in [0, 0.1) is 11.7 Å². The molecule has 0 saturated carbocycles. The summed E-state index contributed by atoms with van der Waals surface area (Å²) in [6.45, 7) is 5.41. The first-order valence-corrected chi connectivity index (χ1v) is 8.06. The second-order valence-electron chi connectivity index (χ2n) is 6.26. The van der Waals surface area contributed by atoms with E-state index in [4.69, 9.17) is 4.74 Å². The van der Waals surface area contributed by atoms with Crippen molar-refractivity contribution in [1.82, 2.24) is 19.7 Å². The smallest absolute Gasteiger partial charge is 0.247 e. The van der Waals surface area contributed by atoms with E-state index in [9.17, 15) is 9.18 Å². The van der Waals surface area contributed by atoms with Crippen LogP contribution in [0.5, 0.6) is 0 Å². The van der Waals surface area contributed by atoms with Crippen LogP contribution in [0.3, 0.4) is 0 Å². The van der Waals surface area contributed by atoms with Crippen LogP contribution in [0.25, 0.3) is 0 Å². The second-order valence-corrected chi connectivity index (χ2v) is 6.26. The molecule has 0 radical (unpaired) electrons. The van der Waals surface area contributed by atoms with Crippen molar-refractivity contribution in [1.29, 1.82) is 0 Å². The van der Waals surface area contributed by atoms with Gasteiger partial charge in [0.2, 0.25) is 5.91 Å². The maximum atomic E-state index is 13.1. The Morgan fingerprint density at radius 2 is 2.08 bits per heavy atom. The van der Waals surface area contributed by atoms with Crippen LogP contribution in [0.1, 0.15) is 31.6 Å². The first-order chi connectivity index (χ1) is 11.6. The van der Waals surface area contributed by atoms with Gasteiger partial charge in [0.05, 0.1) is 13.2 Å². The molecule has 1 aromatic carbocycles. The van der Waals surface area contributed by atoms with Crippen molar-refractivity contribution < 1.29 is 13.9 Å². The molecule has 24 heavy (non-hydrogen) atoms. The van der Waals surface area contributed by atoms with E-state index in [2.05, 4.69) is 10.1 Å². The van der Waals surface area contributed by atoms with E-state index in [0.29, 0.717) is 19.7 Å². The van der Waals surface area contributed by atoms with E-state index in [1.54, 1.807) is 28.0 Å². The summed E-state index contributed by atoms with van der Waals surface area (Å²) in [5.74, 6) is -0.189. The molecule has 2 atom stereocenters. The Morgan fingerprint density at radius 3 is 2.71 bits per heavy atom. The summed E-state index contributed by atoms with van der Waals surface area (Å²) in [5, 5.41) is 4.13. The highest BCUT2D eigenvalue weighted by Gasteiger charge is 2.33. The molecular weight excluding hydrogens is 311 g/mol. The third-order valence-corrected chi connectivity index (χ3v) is 4.23. The van der Waals surface area contributed by atoms with E-state index < -0.39 is 0 Å². The Labute approximate surface area is 140 Å². The van der Waals surface area contributed by atoms with Crippen LogP contribution in [-0.4, -0.2) is 45.3 Å². The van der Waals surface area contributed by atoms with Gasteiger partial charge >= 0.3 is 0 Å². The van der Waals surface area contributed by atoms with Gasteiger partial charge in [0.25, 0.3) is 0 Å². The van der Waals surface area contributed by atoms with Gasteiger partial charge < -0.3 is 9.64 Å². The minimum absolute atomic E-state index is 0.00547. The van der Waals surface area contributed by atoms with Crippen LogP contribution < -0.4 is 0 Å². The van der Waals surface area contributed by atoms with Gasteiger partial charge in [-0.3, -0.25) is 4.79 Å². The molecule has 2 aromatic rings. The fourth-order valence-electron chi connectivity index (χ4n) is 2.98. The topological polar surface area (TPSA) is 60.2 Å². The number of nitrogens with zero attached hydrogens (tertiary/aromatic N) is 4. The molecule has 0 bridgehead atoms. The summed E-state index contributed by atoms with van der Waals surface area (Å²) in [6.07, 6.45) is 2.76. The molecule has 1 aromatic heterocycles. The lowest BCUT2D eigenvalue weighted by molar-refractivity contribution is -0.144. The van der Waals surface area contributed by atoms with E-state index >= 15 is 0 Å². The molecule has 1 amide bonds. The zero-order valence-electron chi connectivity index (χ0n) is 13.8. The van der Waals surface area contributed by atoms with Gasteiger partial charge in [0.1, 0.15) is 30.6 Å². The van der Waals surface area contributed by atoms with Gasteiger partial charge in [-0.2, -0.15) is 5.10 Å². The molecule has 0 aliphatic carbocycles. The predicted octanol–water partition coefficient (Wildman–Crippen LogP) is 2.21. The van der Waals surface area contributed by atoms with Gasteiger partial charge in [-0.15, -0.1) is 0 Å². The molecule has 2 heterocycles. The average Bonchev–Trinajstić information content (AvgIpc) is 3.09. The first kappa shape index (κ1) is 16.6. The van der Waals surface area contributed by atoms with Crippen LogP contribution in [0.15, 0.2) is 36.9 Å². The molecule has 6 nitrogen and oxygen atoms in total. The summed E-state index contributed by atoms with van der Waals surface area (Å²) >= 11 is 0. The maximum absolute atomic E-state index is 13.1. The zero-order chi connectivity index (χ0) is 17.1. The zero-order valence-corrected chi connectivity index (χ0v) is 13.8. The van der Waals surface area contributed by atoms with Crippen molar-refractivity contribution in [3.05, 3.63) is 48.3 Å². The summed E-state index contributed by atoms with van der Waals surface area (Å²) in [4.78, 5) is 18.7. The molecule has 1 saturated heterocycles. The normalized spacial score (nSPS) is 19.5. The number of ether oxygens (including phenoxy) is 1. The lowest BCUT2D eigenvalue weighted by Crippen LogP contribution is -2.46. The highest BCUT2D eigenvalue weighted by Crippen LogP contribution is 2.26. The molecule has 0 spiro atoms. The number of carbonyl (C=O) groups excluding carboxylic acids is 1. The molecule has 1 aliphatic rings. The third-order valence-electron chi connectivity index (χ3n) is 4.23. The van der Waals surface area contributed by atoms with E-state index in [1.807, 2.05) is 13.8 Å². The SMILES string of the molecule is CC(C)[C@@H](C(=O)N1CCO[C@@H](c2ccc(F)cc2)C1)n1cncn1. The minimum Gasteiger partial charge on any atom is -0.370 e. The van der Waals surface area contributed by atoms with Crippen LogP contribution >= 0.6 is 0 Å². The number of amides is 1. The van der Waals surface area contributed by atoms with Gasteiger partial charge in [-0.1, -0.05) is 26.0 Å². The molecule has 128 valence electrons. The lowest BCUT2D eigenvalue weighted by atomic mass is 10.0. The highest BCUT2D eigenvalue weighted by molar-refractivity contribution is 5.80. The van der Waals surface area contributed by atoms with E-state index in [0.717, 1.165) is 5.56 Å². The number of hydrogen-bond donors (Lipinski definition) is 0. The van der Waals surface area contributed by atoms with Crippen molar-refractivity contribution in [3.8, 4) is 0 Å². The molecule has 1 fully saturated rings. The maximum Gasteiger partial charge on any atom is 0.247 e. The number of benzene rings is 1. The Hall–Kier alpha value is -2.28. The third kappa shape index (κ3) is 3.46. The van der Waals surface area contributed by atoms with Crippen molar-refractivity contribution in [2.45, 2.75) is 26.0 Å². The fraction of sp³-hybridized carbons (Fsp3) is 0.471. The van der Waals surface area contributed by atoms with Crippen molar-refractivity contribution in [2.24, 2.45) is 5.92 Å². The average molecular weight is 332 g/mol. The number of morpholine rings is 1. The summed E-state index contributed by atoms with van der Waals surface area (Å²) < 4.78 is 20.5. The second kappa shape index (κ2) is 7.09. The standard InChI is InChI=1S/C17H21FN4O2/c1-12(2)16(22-11-19-10-20-22)17(23)21-7-8-24-15(9-21)13-3-5-14(18)6-4-13/h3-6,10-12,15-16H,7-9H2,1-2H3/t15-,16+/m1/s1. The number of aromatic nitrogens is 3. The van der Waals surface area contributed by atoms with E-state index in [1.165, 1.54) is 18.5 Å². The molecule has 0 unspecified atom stereocenters. The minimum atomic E-state index is -0.389. The molecular formula is C17H21FN4O2. The quantitative estimate of drug-likeness (QED) is 0.861. The van der Waals surface area contributed by atoms with Gasteiger partial charge in [-0.05, 0) is 23.6 Å². The lowest BCUT2D eigenvalue weighted by Gasteiger charge is -2.36.